The van der Waals surface area contributed by atoms with Crippen LogP contribution in [0.2, 0.25) is 37.8 Å². The minimum atomic E-state index is -2.16. The minimum absolute atomic E-state index is 0.0187. The molecule has 0 saturated heterocycles. The zero-order chi connectivity index (χ0) is 80.9. The second-order valence-electron chi connectivity index (χ2n) is 24.5. The second kappa shape index (κ2) is 62.1. The molecule has 0 spiro atoms. The Kier molecular flexibility index (Phi) is 60.0. The third kappa shape index (κ3) is 51.5. The summed E-state index contributed by atoms with van der Waals surface area (Å²) in [6.07, 6.45) is 10.5. The summed E-state index contributed by atoms with van der Waals surface area (Å²) in [5.41, 5.74) is -2.52. The van der Waals surface area contributed by atoms with Gasteiger partial charge in [-0.05, 0) is 118 Å². The lowest BCUT2D eigenvalue weighted by Crippen LogP contribution is -2.39. The molecule has 0 radical (unpaired) electrons. The highest BCUT2D eigenvalue weighted by molar-refractivity contribution is 8.00. The third-order valence-electron chi connectivity index (χ3n) is 16.5. The van der Waals surface area contributed by atoms with Crippen molar-refractivity contribution >= 4 is 139 Å². The lowest BCUT2D eigenvalue weighted by Gasteiger charge is -2.31. The van der Waals surface area contributed by atoms with Crippen molar-refractivity contribution in [3.63, 3.8) is 0 Å². The van der Waals surface area contributed by atoms with Crippen LogP contribution in [0.4, 0.5) is 0 Å². The van der Waals surface area contributed by atoms with Gasteiger partial charge in [0.25, 0.3) is 0 Å². The van der Waals surface area contributed by atoms with Gasteiger partial charge in [0.1, 0.15) is 59.5 Å². The van der Waals surface area contributed by atoms with E-state index < -0.39 is 71.8 Å². The van der Waals surface area contributed by atoms with E-state index in [2.05, 4.69) is 52.6 Å². The number of carbonyl (C=O) groups is 9. The second-order valence-corrected chi connectivity index (χ2v) is 40.5. The molecule has 0 aliphatic heterocycles. The molecule has 2 unspecified atom stereocenters. The lowest BCUT2D eigenvalue weighted by molar-refractivity contribution is -0.162. The largest absolute Gasteiger partial charge is 0.465 e. The first-order chi connectivity index (χ1) is 51.0. The topological polar surface area (TPSA) is 292 Å². The zero-order valence-electron chi connectivity index (χ0n) is 64.8. The van der Waals surface area contributed by atoms with Crippen molar-refractivity contribution in [1.82, 2.24) is 0 Å². The summed E-state index contributed by atoms with van der Waals surface area (Å²) in [5.74, 6) is 0.715. The van der Waals surface area contributed by atoms with Gasteiger partial charge >= 0.3 is 79.4 Å². The molecule has 0 amide bonds. The number of thioether (sulfide) groups is 4. The van der Waals surface area contributed by atoms with E-state index in [9.17, 15) is 43.2 Å². The van der Waals surface area contributed by atoms with Gasteiger partial charge in [0.15, 0.2) is 0 Å². The molecule has 0 aliphatic carbocycles. The highest BCUT2D eigenvalue weighted by Gasteiger charge is 2.38. The Hall–Kier alpha value is -5.60. The highest BCUT2D eigenvalue weighted by Crippen LogP contribution is 2.29. The van der Waals surface area contributed by atoms with Gasteiger partial charge in [-0.1, -0.05) is 90.1 Å². The normalized spacial score (nSPS) is 12.2. The standard InChI is InChI=1S/C27H42O8S2Si.C21H36O8SSi.C21H35O8SSi.C6H6S/c1-6-24(28)33-20-27(7-2,22-35-26(30)15-18-37-23-12-9-8-10-13-23)21-34-25(29)14-17-36-16-11-19-38(5,31-3)32-4;2*1-7-18(22)27-15-21(9-3,16-28-19(23)8-2)17-29-20(24)11-13-30-12-10-14-31(6,25-4)26-5;7-6-4-2-1-3-5-6/h6,8-10,12-13H,1,7,11,14-22H2,2-5H3;7-8H,1-2,9-17H2,3-6H3;7-8H,1-2,4,9-17H2,3,5-6H3;1-5,7H/q;;+1;. The molecule has 2 aromatic carbocycles. The van der Waals surface area contributed by atoms with Gasteiger partial charge in [0.05, 0.1) is 41.9 Å². The first-order valence-corrected chi connectivity index (χ1v) is 47.4. The zero-order valence-corrected chi connectivity index (χ0v) is 71.9. The lowest BCUT2D eigenvalue weighted by atomic mass is 9.88. The van der Waals surface area contributed by atoms with E-state index in [0.29, 0.717) is 42.3 Å². The van der Waals surface area contributed by atoms with Crippen LogP contribution in [-0.2, 0) is 112 Å². The van der Waals surface area contributed by atoms with Gasteiger partial charge in [-0.2, -0.15) is 35.3 Å². The monoisotopic (exact) mass is 1650 g/mol. The quantitative estimate of drug-likeness (QED) is 0.00940. The van der Waals surface area contributed by atoms with Gasteiger partial charge in [0, 0.05) is 98.7 Å². The van der Waals surface area contributed by atoms with E-state index in [1.54, 1.807) is 82.6 Å². The molecule has 2 rings (SSSR count). The third-order valence-corrected chi connectivity index (χ3v) is 29.7. The fourth-order valence-corrected chi connectivity index (χ4v) is 16.7. The van der Waals surface area contributed by atoms with Crippen LogP contribution in [-0.4, -0.2) is 215 Å². The Morgan fingerprint density at radius 2 is 0.626 bits per heavy atom. The maximum Gasteiger partial charge on any atom is 0.394 e. The SMILES string of the molecule is C=CC(=O)OCC(CC)(COC(=O)C=C)COC(=O)CCSCCC[Si](C)(OC)OC.C=CC(=O)OCC(CC)(COC(=O)C=C)COC(=O)CCSCCC[Si](C)(O[CH2+])OC.C=CC(=O)OCC(CC)(COC(=O)CCSCCC[Si](C)(OC)OC)COC(=O)CCSc1ccccc1.Sc1ccccc1. The van der Waals surface area contributed by atoms with Crippen LogP contribution in [0, 0.1) is 23.4 Å². The average Bonchev–Trinajstić information content (AvgIpc) is 0.873. The van der Waals surface area contributed by atoms with Gasteiger partial charge in [-0.3, -0.25) is 19.2 Å². The molecule has 0 bridgehead atoms. The maximum atomic E-state index is 12.4. The molecule has 604 valence electrons. The molecule has 0 N–H and O–H groups in total. The molecule has 107 heavy (non-hydrogen) atoms. The maximum absolute atomic E-state index is 12.4. The Balaban J connectivity index is 0. The molecule has 0 fully saturated rings. The molecule has 2 aromatic rings. The number of benzene rings is 2. The van der Waals surface area contributed by atoms with E-state index in [1.807, 2.05) is 101 Å². The first kappa shape index (κ1) is 103. The molecule has 32 heteroatoms. The number of rotatable bonds is 57. The molecular formula is C75H119O24S5Si3+. The van der Waals surface area contributed by atoms with Gasteiger partial charge in [-0.25, -0.2) is 28.4 Å². The Labute approximate surface area is 662 Å². The predicted molar refractivity (Wildman–Crippen MR) is 434 cm³/mol. The summed E-state index contributed by atoms with van der Waals surface area (Å²) in [7, 11) is 5.55. The van der Waals surface area contributed by atoms with Crippen molar-refractivity contribution in [2.75, 3.05) is 135 Å². The summed E-state index contributed by atoms with van der Waals surface area (Å²) >= 11 is 10.6. The van der Waals surface area contributed by atoms with Crippen LogP contribution in [0.25, 0.3) is 0 Å². The van der Waals surface area contributed by atoms with E-state index in [0.717, 1.165) is 94.8 Å². The minimum Gasteiger partial charge on any atom is -0.465 e. The smallest absolute Gasteiger partial charge is 0.394 e. The fraction of sp³-hybridized carbons (Fsp3) is 0.573. The number of ether oxygens (including phenoxy) is 9. The number of thiol groups is 1. The number of hydrogen-bond acceptors (Lipinski definition) is 29. The summed E-state index contributed by atoms with van der Waals surface area (Å²) in [5, 5.41) is 0. The van der Waals surface area contributed by atoms with E-state index in [4.69, 9.17) is 69.2 Å². The van der Waals surface area contributed by atoms with Gasteiger partial charge < -0.3 is 64.8 Å². The molecule has 24 nitrogen and oxygen atoms in total. The predicted octanol–water partition coefficient (Wildman–Crippen LogP) is 13.9. The highest BCUT2D eigenvalue weighted by atomic mass is 32.2. The summed E-state index contributed by atoms with van der Waals surface area (Å²) in [6.45, 7) is 27.9. The Morgan fingerprint density at radius 3 is 0.850 bits per heavy atom. The Bertz CT molecular complexity index is 2740. The van der Waals surface area contributed by atoms with Crippen molar-refractivity contribution in [2.45, 2.75) is 133 Å². The van der Waals surface area contributed by atoms with Gasteiger partial charge in [0.2, 0.25) is 7.11 Å². The van der Waals surface area contributed by atoms with Crippen LogP contribution in [0.15, 0.2) is 134 Å². The van der Waals surface area contributed by atoms with Crippen molar-refractivity contribution < 1.29 is 112 Å². The summed E-state index contributed by atoms with van der Waals surface area (Å²) in [4.78, 5) is 109. The Morgan fingerprint density at radius 1 is 0.383 bits per heavy atom. The molecule has 0 aliphatic rings. The van der Waals surface area contributed by atoms with E-state index in [1.165, 1.54) is 0 Å². The number of hydrogen-bond donors (Lipinski definition) is 1. The van der Waals surface area contributed by atoms with Crippen molar-refractivity contribution in [3.05, 3.63) is 131 Å². The van der Waals surface area contributed by atoms with Crippen molar-refractivity contribution in [2.24, 2.45) is 16.2 Å². The van der Waals surface area contributed by atoms with Crippen LogP contribution in [0.3, 0.4) is 0 Å². The van der Waals surface area contributed by atoms with Gasteiger partial charge in [-0.15, -0.1) is 24.4 Å². The molecule has 0 saturated carbocycles. The summed E-state index contributed by atoms with van der Waals surface area (Å²) in [6, 6.07) is 22.2. The van der Waals surface area contributed by atoms with Crippen molar-refractivity contribution in [1.29, 1.82) is 0 Å². The molecule has 0 heterocycles. The van der Waals surface area contributed by atoms with Crippen LogP contribution in [0.5, 0.6) is 0 Å². The molecule has 2 atom stereocenters. The number of esters is 9. The first-order valence-electron chi connectivity index (χ1n) is 34.9. The van der Waals surface area contributed by atoms with Crippen LogP contribution >= 0.6 is 59.7 Å². The van der Waals surface area contributed by atoms with E-state index >= 15 is 0 Å². The fourth-order valence-electron chi connectivity index (χ4n) is 8.20. The van der Waals surface area contributed by atoms with Crippen LogP contribution < -0.4 is 0 Å². The molecular weight excluding hydrogens is 1530 g/mol. The van der Waals surface area contributed by atoms with Crippen LogP contribution in [0.1, 0.15) is 85.0 Å². The van der Waals surface area contributed by atoms with E-state index in [-0.39, 0.29) is 109 Å². The number of carbonyl (C=O) groups excluding carboxylic acids is 9. The summed E-state index contributed by atoms with van der Waals surface area (Å²) < 4.78 is 80.1. The molecule has 0 aromatic heterocycles. The van der Waals surface area contributed by atoms with Crippen molar-refractivity contribution in [3.8, 4) is 0 Å². The average molecular weight is 1650 g/mol.